The van der Waals surface area contributed by atoms with Crippen LogP contribution in [0.2, 0.25) is 5.02 Å². The van der Waals surface area contributed by atoms with Gasteiger partial charge in [-0.3, -0.25) is 4.79 Å². The molecule has 0 unspecified atom stereocenters. The number of rotatable bonds is 2. The summed E-state index contributed by atoms with van der Waals surface area (Å²) in [6.07, 6.45) is 1.48. The van der Waals surface area contributed by atoms with Crippen LogP contribution in [0.3, 0.4) is 0 Å². The summed E-state index contributed by atoms with van der Waals surface area (Å²) >= 11 is 6.08. The molecule has 1 amide bonds. The fourth-order valence-electron chi connectivity index (χ4n) is 1.49. The summed E-state index contributed by atoms with van der Waals surface area (Å²) in [5, 5.41) is 3.11. The number of amides is 1. The molecule has 0 saturated heterocycles. The molecule has 2 rings (SSSR count). The van der Waals surface area contributed by atoms with Crippen molar-refractivity contribution < 1.29 is 4.79 Å². The van der Waals surface area contributed by atoms with E-state index in [-0.39, 0.29) is 5.91 Å². The van der Waals surface area contributed by atoms with Gasteiger partial charge in [0.15, 0.2) is 0 Å². The summed E-state index contributed by atoms with van der Waals surface area (Å²) in [4.78, 5) is 16.0. The summed E-state index contributed by atoms with van der Waals surface area (Å²) in [5.74, 6) is 0.146. The minimum absolute atomic E-state index is 0.291. The highest BCUT2D eigenvalue weighted by Crippen LogP contribution is 2.21. The summed E-state index contributed by atoms with van der Waals surface area (Å²) in [5.41, 5.74) is 7.34. The molecule has 92 valence electrons. The van der Waals surface area contributed by atoms with Gasteiger partial charge in [0.1, 0.15) is 5.82 Å². The lowest BCUT2D eigenvalue weighted by Gasteiger charge is -2.07. The minimum atomic E-state index is -0.291. The van der Waals surface area contributed by atoms with Crippen LogP contribution in [-0.2, 0) is 0 Å². The molecule has 0 saturated carbocycles. The van der Waals surface area contributed by atoms with Gasteiger partial charge >= 0.3 is 0 Å². The molecule has 0 spiro atoms. The maximum atomic E-state index is 12.0. The molecule has 2 aromatic rings. The van der Waals surface area contributed by atoms with Crippen LogP contribution in [0, 0.1) is 6.92 Å². The largest absolute Gasteiger partial charge is 0.397 e. The molecule has 1 aromatic carbocycles. The fraction of sp³-hybridized carbons (Fsp3) is 0.0769. The van der Waals surface area contributed by atoms with Crippen LogP contribution < -0.4 is 11.1 Å². The number of carbonyl (C=O) groups is 1. The average molecular weight is 262 g/mol. The highest BCUT2D eigenvalue weighted by Gasteiger charge is 2.12. The van der Waals surface area contributed by atoms with Crippen molar-refractivity contribution in [3.05, 3.63) is 52.7 Å². The molecule has 18 heavy (non-hydrogen) atoms. The van der Waals surface area contributed by atoms with Crippen molar-refractivity contribution in [3.8, 4) is 0 Å². The average Bonchev–Trinajstić information content (AvgIpc) is 2.35. The lowest BCUT2D eigenvalue weighted by Crippen LogP contribution is -2.13. The van der Waals surface area contributed by atoms with E-state index in [4.69, 9.17) is 17.3 Å². The molecule has 0 aliphatic carbocycles. The maximum Gasteiger partial charge on any atom is 0.258 e. The quantitative estimate of drug-likeness (QED) is 0.873. The number of halogens is 1. The first kappa shape index (κ1) is 12.4. The van der Waals surface area contributed by atoms with Crippen molar-refractivity contribution in [3.63, 3.8) is 0 Å². The van der Waals surface area contributed by atoms with Crippen molar-refractivity contribution in [1.82, 2.24) is 4.98 Å². The van der Waals surface area contributed by atoms with Crippen molar-refractivity contribution >= 4 is 29.0 Å². The van der Waals surface area contributed by atoms with Crippen LogP contribution in [0.15, 0.2) is 36.5 Å². The molecule has 0 bridgehead atoms. The van der Waals surface area contributed by atoms with E-state index in [1.807, 2.05) is 13.0 Å². The van der Waals surface area contributed by atoms with Gasteiger partial charge in [-0.15, -0.1) is 0 Å². The van der Waals surface area contributed by atoms with Gasteiger partial charge in [-0.25, -0.2) is 4.98 Å². The van der Waals surface area contributed by atoms with Crippen LogP contribution in [0.25, 0.3) is 0 Å². The Morgan fingerprint density at radius 3 is 2.78 bits per heavy atom. The van der Waals surface area contributed by atoms with Gasteiger partial charge < -0.3 is 11.1 Å². The number of nitrogen functional groups attached to an aromatic ring is 1. The predicted molar refractivity (Wildman–Crippen MR) is 72.8 cm³/mol. The van der Waals surface area contributed by atoms with Gasteiger partial charge in [0.25, 0.3) is 5.91 Å². The number of benzene rings is 1. The SMILES string of the molecule is Cc1cccc(C(=O)Nc2ccc(N)cn2)c1Cl. The third-order valence-electron chi connectivity index (χ3n) is 2.46. The molecular formula is C13H12ClN3O. The Bertz CT molecular complexity index is 581. The minimum Gasteiger partial charge on any atom is -0.397 e. The van der Waals surface area contributed by atoms with Crippen molar-refractivity contribution in [1.29, 1.82) is 0 Å². The smallest absolute Gasteiger partial charge is 0.258 e. The van der Waals surface area contributed by atoms with Gasteiger partial charge in [-0.1, -0.05) is 23.7 Å². The van der Waals surface area contributed by atoms with Crippen LogP contribution in [0.4, 0.5) is 11.5 Å². The van der Waals surface area contributed by atoms with E-state index in [0.717, 1.165) is 5.56 Å². The molecule has 0 aliphatic rings. The maximum absolute atomic E-state index is 12.0. The molecule has 0 atom stereocenters. The number of hydrogen-bond donors (Lipinski definition) is 2. The lowest BCUT2D eigenvalue weighted by molar-refractivity contribution is 0.102. The Morgan fingerprint density at radius 2 is 2.11 bits per heavy atom. The zero-order chi connectivity index (χ0) is 13.1. The van der Waals surface area contributed by atoms with Gasteiger partial charge in [0.05, 0.1) is 22.5 Å². The lowest BCUT2D eigenvalue weighted by atomic mass is 10.1. The van der Waals surface area contributed by atoms with Crippen LogP contribution in [-0.4, -0.2) is 10.9 Å². The Morgan fingerprint density at radius 1 is 1.33 bits per heavy atom. The van der Waals surface area contributed by atoms with Crippen LogP contribution in [0.5, 0.6) is 0 Å². The third-order valence-corrected chi connectivity index (χ3v) is 2.97. The fourth-order valence-corrected chi connectivity index (χ4v) is 1.70. The summed E-state index contributed by atoms with van der Waals surface area (Å²) in [6.45, 7) is 1.85. The first-order valence-corrected chi connectivity index (χ1v) is 5.73. The monoisotopic (exact) mass is 261 g/mol. The normalized spacial score (nSPS) is 10.1. The van der Waals surface area contributed by atoms with Gasteiger partial charge in [-0.2, -0.15) is 0 Å². The Kier molecular flexibility index (Phi) is 3.48. The summed E-state index contributed by atoms with van der Waals surface area (Å²) in [7, 11) is 0. The third kappa shape index (κ3) is 2.60. The molecular weight excluding hydrogens is 250 g/mol. The molecule has 4 nitrogen and oxygen atoms in total. The van der Waals surface area contributed by atoms with Gasteiger partial charge in [0, 0.05) is 0 Å². The van der Waals surface area contributed by atoms with E-state index in [1.165, 1.54) is 6.20 Å². The highest BCUT2D eigenvalue weighted by atomic mass is 35.5. The molecule has 1 heterocycles. The second-order valence-corrected chi connectivity index (χ2v) is 4.25. The Labute approximate surface area is 110 Å². The highest BCUT2D eigenvalue weighted by molar-refractivity contribution is 6.35. The first-order chi connectivity index (χ1) is 8.58. The van der Waals surface area contributed by atoms with E-state index in [9.17, 15) is 4.79 Å². The number of aryl methyl sites for hydroxylation is 1. The first-order valence-electron chi connectivity index (χ1n) is 5.36. The molecule has 1 aromatic heterocycles. The second kappa shape index (κ2) is 5.06. The van der Waals surface area contributed by atoms with E-state index in [2.05, 4.69) is 10.3 Å². The number of nitrogens with zero attached hydrogens (tertiary/aromatic N) is 1. The van der Waals surface area contributed by atoms with E-state index < -0.39 is 0 Å². The number of carbonyl (C=O) groups excluding carboxylic acids is 1. The van der Waals surface area contributed by atoms with E-state index >= 15 is 0 Å². The van der Waals surface area contributed by atoms with E-state index in [1.54, 1.807) is 24.3 Å². The Hall–Kier alpha value is -2.07. The van der Waals surface area contributed by atoms with Crippen LogP contribution >= 0.6 is 11.6 Å². The second-order valence-electron chi connectivity index (χ2n) is 3.87. The number of pyridine rings is 1. The zero-order valence-electron chi connectivity index (χ0n) is 9.77. The van der Waals surface area contributed by atoms with Crippen LogP contribution in [0.1, 0.15) is 15.9 Å². The predicted octanol–water partition coefficient (Wildman–Crippen LogP) is 2.88. The number of aromatic nitrogens is 1. The molecule has 0 aliphatic heterocycles. The number of nitrogens with one attached hydrogen (secondary N) is 1. The van der Waals surface area contributed by atoms with E-state index in [0.29, 0.717) is 22.1 Å². The van der Waals surface area contributed by atoms with Gasteiger partial charge in [0.2, 0.25) is 0 Å². The number of nitrogens with two attached hydrogens (primary N) is 1. The molecule has 3 N–H and O–H groups in total. The molecule has 5 heteroatoms. The molecule has 0 fully saturated rings. The van der Waals surface area contributed by atoms with Gasteiger partial charge in [-0.05, 0) is 30.7 Å². The summed E-state index contributed by atoms with van der Waals surface area (Å²) < 4.78 is 0. The number of anilines is 2. The zero-order valence-corrected chi connectivity index (χ0v) is 10.5. The Balaban J connectivity index is 2.22. The topological polar surface area (TPSA) is 68.0 Å². The number of hydrogen-bond acceptors (Lipinski definition) is 3. The van der Waals surface area contributed by atoms with Crippen molar-refractivity contribution in [2.75, 3.05) is 11.1 Å². The van der Waals surface area contributed by atoms with Crippen molar-refractivity contribution in [2.45, 2.75) is 6.92 Å². The van der Waals surface area contributed by atoms with Crippen molar-refractivity contribution in [2.24, 2.45) is 0 Å². The standard InChI is InChI=1S/C13H12ClN3O/c1-8-3-2-4-10(12(8)14)13(18)17-11-6-5-9(15)7-16-11/h2-7H,15H2,1H3,(H,16,17,18). The summed E-state index contributed by atoms with van der Waals surface area (Å²) in [6, 6.07) is 8.60. The molecule has 0 radical (unpaired) electrons.